The Hall–Kier alpha value is -0.770. The Morgan fingerprint density at radius 3 is 2.59 bits per heavy atom. The van der Waals surface area contributed by atoms with Crippen LogP contribution >= 0.6 is 0 Å². The third kappa shape index (κ3) is 5.39. The van der Waals surface area contributed by atoms with Gasteiger partial charge in [0, 0.05) is 19.7 Å². The van der Waals surface area contributed by atoms with Gasteiger partial charge in [-0.15, -0.1) is 0 Å². The molecule has 4 nitrogen and oxygen atoms in total. The summed E-state index contributed by atoms with van der Waals surface area (Å²) < 4.78 is 0. The molecule has 0 spiro atoms. The van der Waals surface area contributed by atoms with Crippen LogP contribution in [0.2, 0.25) is 0 Å². The van der Waals surface area contributed by atoms with Crippen LogP contribution in [-0.4, -0.2) is 30.8 Å². The lowest BCUT2D eigenvalue weighted by molar-refractivity contribution is 0.134. The molecule has 1 rings (SSSR count). The highest BCUT2D eigenvalue weighted by molar-refractivity contribution is 5.73. The summed E-state index contributed by atoms with van der Waals surface area (Å²) in [5, 5.41) is 15.0. The van der Waals surface area contributed by atoms with Crippen LogP contribution in [0.1, 0.15) is 45.4 Å². The molecular weight excluding hydrogens is 216 g/mol. The molecule has 0 radical (unpaired) electrons. The molecule has 1 aliphatic carbocycles. The van der Waals surface area contributed by atoms with Crippen molar-refractivity contribution in [3.05, 3.63) is 0 Å². The second-order valence-corrected chi connectivity index (χ2v) is 4.98. The third-order valence-corrected chi connectivity index (χ3v) is 3.64. The van der Waals surface area contributed by atoms with Crippen LogP contribution in [0.5, 0.6) is 0 Å². The van der Waals surface area contributed by atoms with E-state index in [-0.39, 0.29) is 12.6 Å². The summed E-state index contributed by atoms with van der Waals surface area (Å²) in [5.74, 6) is 0.824. The molecular formula is C13H26N2O2. The van der Waals surface area contributed by atoms with Crippen molar-refractivity contribution in [2.45, 2.75) is 45.4 Å². The predicted molar refractivity (Wildman–Crippen MR) is 68.8 cm³/mol. The summed E-state index contributed by atoms with van der Waals surface area (Å²) in [6, 6.07) is -0.0688. The maximum Gasteiger partial charge on any atom is 0.314 e. The SMILES string of the molecule is CCCCNC(=O)NCC1CCCCC1CO. The van der Waals surface area contributed by atoms with Crippen LogP contribution in [0.15, 0.2) is 0 Å². The van der Waals surface area contributed by atoms with Crippen LogP contribution in [0, 0.1) is 11.8 Å². The van der Waals surface area contributed by atoms with Crippen LogP contribution in [0.4, 0.5) is 4.79 Å². The number of urea groups is 1. The van der Waals surface area contributed by atoms with E-state index in [1.165, 1.54) is 12.8 Å². The Balaban J connectivity index is 2.17. The van der Waals surface area contributed by atoms with Gasteiger partial charge in [-0.3, -0.25) is 0 Å². The molecule has 0 saturated heterocycles. The molecule has 3 N–H and O–H groups in total. The minimum Gasteiger partial charge on any atom is -0.396 e. The number of aliphatic hydroxyl groups excluding tert-OH is 1. The average Bonchev–Trinajstić information content (AvgIpc) is 2.37. The number of carbonyl (C=O) groups is 1. The van der Waals surface area contributed by atoms with Crippen molar-refractivity contribution in [3.8, 4) is 0 Å². The van der Waals surface area contributed by atoms with E-state index in [1.807, 2.05) is 0 Å². The van der Waals surface area contributed by atoms with E-state index < -0.39 is 0 Å². The molecule has 17 heavy (non-hydrogen) atoms. The highest BCUT2D eigenvalue weighted by Gasteiger charge is 2.24. The predicted octanol–water partition coefficient (Wildman–Crippen LogP) is 1.88. The Bertz CT molecular complexity index is 221. The molecule has 2 unspecified atom stereocenters. The van der Waals surface area contributed by atoms with E-state index in [0.717, 1.165) is 32.2 Å². The fourth-order valence-corrected chi connectivity index (χ4v) is 2.46. The Labute approximate surface area is 104 Å². The molecule has 0 heterocycles. The van der Waals surface area contributed by atoms with E-state index >= 15 is 0 Å². The zero-order valence-electron chi connectivity index (χ0n) is 10.9. The van der Waals surface area contributed by atoms with Gasteiger partial charge in [0.15, 0.2) is 0 Å². The van der Waals surface area contributed by atoms with Crippen molar-refractivity contribution < 1.29 is 9.90 Å². The quantitative estimate of drug-likeness (QED) is 0.623. The Kier molecular flexibility index (Phi) is 7.01. The Morgan fingerprint density at radius 1 is 1.24 bits per heavy atom. The van der Waals surface area contributed by atoms with E-state index in [1.54, 1.807) is 0 Å². The molecule has 0 aromatic rings. The summed E-state index contributed by atoms with van der Waals surface area (Å²) in [4.78, 5) is 11.5. The lowest BCUT2D eigenvalue weighted by Crippen LogP contribution is -2.41. The Morgan fingerprint density at radius 2 is 1.94 bits per heavy atom. The van der Waals surface area contributed by atoms with Gasteiger partial charge in [0.1, 0.15) is 0 Å². The van der Waals surface area contributed by atoms with E-state index in [0.29, 0.717) is 18.4 Å². The fraction of sp³-hybridized carbons (Fsp3) is 0.923. The molecule has 1 fully saturated rings. The molecule has 0 aromatic carbocycles. The minimum absolute atomic E-state index is 0.0688. The minimum atomic E-state index is -0.0688. The first-order chi connectivity index (χ1) is 8.27. The number of rotatable bonds is 6. The maximum absolute atomic E-state index is 11.5. The summed E-state index contributed by atoms with van der Waals surface area (Å²) >= 11 is 0. The van der Waals surface area contributed by atoms with Gasteiger partial charge in [-0.05, 0) is 31.1 Å². The third-order valence-electron chi connectivity index (χ3n) is 3.64. The second kappa shape index (κ2) is 8.34. The lowest BCUT2D eigenvalue weighted by atomic mass is 9.80. The van der Waals surface area contributed by atoms with Crippen LogP contribution < -0.4 is 10.6 Å². The summed E-state index contributed by atoms with van der Waals surface area (Å²) in [6.45, 7) is 3.80. The maximum atomic E-state index is 11.5. The number of amides is 2. The molecule has 4 heteroatoms. The van der Waals surface area contributed by atoms with Gasteiger partial charge >= 0.3 is 6.03 Å². The van der Waals surface area contributed by atoms with Crippen molar-refractivity contribution in [3.63, 3.8) is 0 Å². The molecule has 0 aromatic heterocycles. The highest BCUT2D eigenvalue weighted by Crippen LogP contribution is 2.28. The largest absolute Gasteiger partial charge is 0.396 e. The smallest absolute Gasteiger partial charge is 0.314 e. The fourth-order valence-electron chi connectivity index (χ4n) is 2.46. The highest BCUT2D eigenvalue weighted by atomic mass is 16.3. The first kappa shape index (κ1) is 14.3. The van der Waals surface area contributed by atoms with Crippen LogP contribution in [-0.2, 0) is 0 Å². The summed E-state index contributed by atoms with van der Waals surface area (Å²) in [5.41, 5.74) is 0. The number of unbranched alkanes of at least 4 members (excludes halogenated alkanes) is 1. The van der Waals surface area contributed by atoms with Crippen LogP contribution in [0.25, 0.3) is 0 Å². The van der Waals surface area contributed by atoms with Crippen molar-refractivity contribution in [1.29, 1.82) is 0 Å². The average molecular weight is 242 g/mol. The van der Waals surface area contributed by atoms with Crippen molar-refractivity contribution >= 4 is 6.03 Å². The van der Waals surface area contributed by atoms with Gasteiger partial charge in [-0.1, -0.05) is 26.2 Å². The molecule has 100 valence electrons. The van der Waals surface area contributed by atoms with Gasteiger partial charge in [0.25, 0.3) is 0 Å². The summed E-state index contributed by atoms with van der Waals surface area (Å²) in [6.07, 6.45) is 6.77. The molecule has 0 aliphatic heterocycles. The first-order valence-electron chi connectivity index (χ1n) is 6.90. The number of nitrogens with one attached hydrogen (secondary N) is 2. The van der Waals surface area contributed by atoms with Gasteiger partial charge in [0.05, 0.1) is 0 Å². The number of hydrogen-bond acceptors (Lipinski definition) is 2. The van der Waals surface area contributed by atoms with Crippen molar-refractivity contribution in [1.82, 2.24) is 10.6 Å². The number of aliphatic hydroxyl groups is 1. The van der Waals surface area contributed by atoms with Gasteiger partial charge in [0.2, 0.25) is 0 Å². The normalized spacial score (nSPS) is 24.4. The molecule has 0 bridgehead atoms. The molecule has 1 aliphatic rings. The van der Waals surface area contributed by atoms with E-state index in [4.69, 9.17) is 0 Å². The first-order valence-corrected chi connectivity index (χ1v) is 6.90. The summed E-state index contributed by atoms with van der Waals surface area (Å²) in [7, 11) is 0. The molecule has 1 saturated carbocycles. The molecule has 2 atom stereocenters. The van der Waals surface area contributed by atoms with Crippen LogP contribution in [0.3, 0.4) is 0 Å². The zero-order valence-corrected chi connectivity index (χ0v) is 10.9. The van der Waals surface area contributed by atoms with Gasteiger partial charge in [-0.2, -0.15) is 0 Å². The number of hydrogen-bond donors (Lipinski definition) is 3. The van der Waals surface area contributed by atoms with E-state index in [2.05, 4.69) is 17.6 Å². The monoisotopic (exact) mass is 242 g/mol. The zero-order chi connectivity index (χ0) is 12.5. The van der Waals surface area contributed by atoms with Crippen molar-refractivity contribution in [2.75, 3.05) is 19.7 Å². The lowest BCUT2D eigenvalue weighted by Gasteiger charge is -2.30. The number of carbonyl (C=O) groups excluding carboxylic acids is 1. The standard InChI is InChI=1S/C13H26N2O2/c1-2-3-8-14-13(17)15-9-11-6-4-5-7-12(11)10-16/h11-12,16H,2-10H2,1H3,(H2,14,15,17). The second-order valence-electron chi connectivity index (χ2n) is 4.98. The van der Waals surface area contributed by atoms with Crippen molar-refractivity contribution in [2.24, 2.45) is 11.8 Å². The molecule has 2 amide bonds. The van der Waals surface area contributed by atoms with Gasteiger partial charge in [-0.25, -0.2) is 4.79 Å². The van der Waals surface area contributed by atoms with Gasteiger partial charge < -0.3 is 15.7 Å². The topological polar surface area (TPSA) is 61.4 Å². The van der Waals surface area contributed by atoms with E-state index in [9.17, 15) is 9.90 Å².